The van der Waals surface area contributed by atoms with Crippen molar-refractivity contribution in [3.63, 3.8) is 0 Å². The Bertz CT molecular complexity index is 1310. The molecule has 3 aromatic rings. The minimum atomic E-state index is -0.549. The van der Waals surface area contributed by atoms with Gasteiger partial charge in [0.1, 0.15) is 40.2 Å². The average Bonchev–Trinajstić information content (AvgIpc) is 2.87. The summed E-state index contributed by atoms with van der Waals surface area (Å²) in [5, 5.41) is 9.84. The van der Waals surface area contributed by atoms with Gasteiger partial charge in [-0.3, -0.25) is 0 Å². The summed E-state index contributed by atoms with van der Waals surface area (Å²) in [6.07, 6.45) is 0.818. The molecule has 3 aromatic carbocycles. The monoisotopic (exact) mass is 470 g/mol. The number of hydrogen-bond donors (Lipinski definition) is 1. The van der Waals surface area contributed by atoms with Crippen LogP contribution in [0.15, 0.2) is 78.2 Å². The third kappa shape index (κ3) is 4.92. The summed E-state index contributed by atoms with van der Waals surface area (Å²) in [5.74, 6) is 0.770. The van der Waals surface area contributed by atoms with Crippen LogP contribution in [0.2, 0.25) is 0 Å². The molecule has 1 aliphatic rings. The van der Waals surface area contributed by atoms with Crippen molar-refractivity contribution < 1.29 is 23.7 Å². The molecule has 178 valence electrons. The maximum absolute atomic E-state index is 12.9. The largest absolute Gasteiger partial charge is 0.494 e. The van der Waals surface area contributed by atoms with Gasteiger partial charge < -0.3 is 24.7 Å². The van der Waals surface area contributed by atoms with Crippen molar-refractivity contribution >= 4 is 5.97 Å². The maximum Gasteiger partial charge on any atom is 0.347 e. The Balaban J connectivity index is 1.68. The molecule has 7 heteroatoms. The van der Waals surface area contributed by atoms with Crippen LogP contribution in [0.4, 0.5) is 0 Å². The predicted octanol–water partition coefficient (Wildman–Crippen LogP) is 5.31. The van der Waals surface area contributed by atoms with Gasteiger partial charge in [-0.15, -0.1) is 0 Å². The van der Waals surface area contributed by atoms with Gasteiger partial charge in [-0.1, -0.05) is 43.3 Å². The van der Waals surface area contributed by atoms with Crippen LogP contribution in [0.3, 0.4) is 0 Å². The van der Waals surface area contributed by atoms with Gasteiger partial charge in [-0.2, -0.15) is 5.26 Å². The van der Waals surface area contributed by atoms with E-state index in [4.69, 9.17) is 24.7 Å². The number of fused-ring (bicyclic) bond motifs is 1. The summed E-state index contributed by atoms with van der Waals surface area (Å²) in [6.45, 7) is 4.86. The maximum atomic E-state index is 12.9. The zero-order valence-corrected chi connectivity index (χ0v) is 19.6. The molecule has 2 N–H and O–H groups in total. The van der Waals surface area contributed by atoms with E-state index in [9.17, 15) is 10.1 Å². The summed E-state index contributed by atoms with van der Waals surface area (Å²) in [7, 11) is 0. The minimum Gasteiger partial charge on any atom is -0.494 e. The number of para-hydroxylation sites is 2. The first-order chi connectivity index (χ1) is 17.1. The summed E-state index contributed by atoms with van der Waals surface area (Å²) >= 11 is 0. The van der Waals surface area contributed by atoms with Crippen LogP contribution in [0.1, 0.15) is 47.7 Å². The van der Waals surface area contributed by atoms with E-state index in [1.54, 1.807) is 42.5 Å². The standard InChI is InChI=1S/C28H26N2O5/c1-3-15-33-24-12-8-6-10-21(24)28(31)34-18-13-14-20-25(16-18)35-27(30)22(17-29)26(20)19-9-5-7-11-23(19)32-4-2/h5-14,16,26H,3-4,15,30H2,1-2H3. The fourth-order valence-corrected chi connectivity index (χ4v) is 3.96. The fraction of sp³-hybridized carbons (Fsp3) is 0.214. The highest BCUT2D eigenvalue weighted by molar-refractivity contribution is 5.94. The lowest BCUT2D eigenvalue weighted by atomic mass is 9.83. The van der Waals surface area contributed by atoms with Gasteiger partial charge in [0.05, 0.1) is 19.1 Å². The molecular formula is C28H26N2O5. The molecule has 0 fully saturated rings. The Morgan fingerprint density at radius 2 is 1.74 bits per heavy atom. The van der Waals surface area contributed by atoms with Gasteiger partial charge in [-0.25, -0.2) is 4.79 Å². The van der Waals surface area contributed by atoms with E-state index in [-0.39, 0.29) is 17.2 Å². The first kappa shape index (κ1) is 23.7. The molecule has 0 radical (unpaired) electrons. The van der Waals surface area contributed by atoms with E-state index in [0.29, 0.717) is 36.0 Å². The van der Waals surface area contributed by atoms with E-state index in [1.165, 1.54) is 0 Å². The van der Waals surface area contributed by atoms with E-state index >= 15 is 0 Å². The molecule has 0 bridgehead atoms. The first-order valence-electron chi connectivity index (χ1n) is 11.4. The van der Waals surface area contributed by atoms with Gasteiger partial charge in [0.25, 0.3) is 0 Å². The zero-order chi connectivity index (χ0) is 24.8. The number of esters is 1. The third-order valence-electron chi connectivity index (χ3n) is 5.50. The van der Waals surface area contributed by atoms with Crippen LogP contribution in [-0.2, 0) is 0 Å². The summed E-state index contributed by atoms with van der Waals surface area (Å²) < 4.78 is 22.9. The molecular weight excluding hydrogens is 444 g/mol. The fourth-order valence-electron chi connectivity index (χ4n) is 3.96. The molecule has 1 aliphatic heterocycles. The van der Waals surface area contributed by atoms with Gasteiger partial charge in [0, 0.05) is 17.2 Å². The lowest BCUT2D eigenvalue weighted by Gasteiger charge is -2.27. The van der Waals surface area contributed by atoms with Gasteiger partial charge in [0.15, 0.2) is 0 Å². The number of benzene rings is 3. The highest BCUT2D eigenvalue weighted by Gasteiger charge is 2.33. The van der Waals surface area contributed by atoms with Crippen molar-refractivity contribution in [1.29, 1.82) is 5.26 Å². The quantitative estimate of drug-likeness (QED) is 0.351. The Labute approximate surface area is 204 Å². The molecule has 7 nitrogen and oxygen atoms in total. The third-order valence-corrected chi connectivity index (χ3v) is 5.50. The Morgan fingerprint density at radius 3 is 2.49 bits per heavy atom. The summed E-state index contributed by atoms with van der Waals surface area (Å²) in [6, 6.07) is 21.7. The second kappa shape index (κ2) is 10.7. The lowest BCUT2D eigenvalue weighted by molar-refractivity contribution is 0.0730. The topological polar surface area (TPSA) is 104 Å². The van der Waals surface area contributed by atoms with Crippen LogP contribution in [-0.4, -0.2) is 19.2 Å². The number of carbonyl (C=O) groups excluding carboxylic acids is 1. The van der Waals surface area contributed by atoms with Gasteiger partial charge in [-0.05, 0) is 37.6 Å². The number of rotatable bonds is 8. The number of nitrogens with zero attached hydrogens (tertiary/aromatic N) is 1. The van der Waals surface area contributed by atoms with Crippen LogP contribution in [0.5, 0.6) is 23.0 Å². The van der Waals surface area contributed by atoms with Crippen molar-refractivity contribution in [2.75, 3.05) is 13.2 Å². The number of carbonyl (C=O) groups is 1. The van der Waals surface area contributed by atoms with Crippen LogP contribution in [0, 0.1) is 11.3 Å². The van der Waals surface area contributed by atoms with Crippen molar-refractivity contribution in [2.24, 2.45) is 5.73 Å². The van der Waals surface area contributed by atoms with Crippen molar-refractivity contribution in [1.82, 2.24) is 0 Å². The molecule has 0 saturated heterocycles. The number of nitriles is 1. The molecule has 0 amide bonds. The van der Waals surface area contributed by atoms with Gasteiger partial charge in [0.2, 0.25) is 5.88 Å². The molecule has 35 heavy (non-hydrogen) atoms. The van der Waals surface area contributed by atoms with Crippen molar-refractivity contribution in [3.05, 3.63) is 94.9 Å². The van der Waals surface area contributed by atoms with Crippen LogP contribution in [0.25, 0.3) is 0 Å². The highest BCUT2D eigenvalue weighted by atomic mass is 16.5. The van der Waals surface area contributed by atoms with E-state index in [1.807, 2.05) is 38.1 Å². The predicted molar refractivity (Wildman–Crippen MR) is 131 cm³/mol. The molecule has 1 heterocycles. The second-order valence-electron chi connectivity index (χ2n) is 7.83. The molecule has 1 unspecified atom stereocenters. The average molecular weight is 471 g/mol. The molecule has 0 aliphatic carbocycles. The van der Waals surface area contributed by atoms with Crippen LogP contribution < -0.4 is 24.7 Å². The highest BCUT2D eigenvalue weighted by Crippen LogP contribution is 2.46. The summed E-state index contributed by atoms with van der Waals surface area (Å²) in [4.78, 5) is 12.9. The van der Waals surface area contributed by atoms with Crippen LogP contribution >= 0.6 is 0 Å². The summed E-state index contributed by atoms with van der Waals surface area (Å²) in [5.41, 5.74) is 8.26. The molecule has 4 rings (SSSR count). The molecule has 0 spiro atoms. The Kier molecular flexibility index (Phi) is 7.22. The zero-order valence-electron chi connectivity index (χ0n) is 19.6. The normalized spacial score (nSPS) is 14.4. The first-order valence-corrected chi connectivity index (χ1v) is 11.4. The molecule has 1 atom stereocenters. The van der Waals surface area contributed by atoms with Crippen molar-refractivity contribution in [3.8, 4) is 29.1 Å². The van der Waals surface area contributed by atoms with Crippen molar-refractivity contribution in [2.45, 2.75) is 26.2 Å². The molecule has 0 aromatic heterocycles. The molecule has 0 saturated carbocycles. The Hall–Kier alpha value is -4.44. The number of allylic oxidation sites excluding steroid dienone is 1. The minimum absolute atomic E-state index is 0.00177. The Morgan fingerprint density at radius 1 is 1.00 bits per heavy atom. The smallest absolute Gasteiger partial charge is 0.347 e. The number of hydrogen-bond acceptors (Lipinski definition) is 7. The SMILES string of the molecule is CCCOc1ccccc1C(=O)Oc1ccc2c(c1)OC(N)=C(C#N)C2c1ccccc1OCC. The van der Waals surface area contributed by atoms with Gasteiger partial charge >= 0.3 is 5.97 Å². The van der Waals surface area contributed by atoms with E-state index < -0.39 is 11.9 Å². The number of nitrogens with two attached hydrogens (primary N) is 1. The second-order valence-corrected chi connectivity index (χ2v) is 7.83. The lowest BCUT2D eigenvalue weighted by Crippen LogP contribution is -2.21. The van der Waals surface area contributed by atoms with E-state index in [2.05, 4.69) is 6.07 Å². The number of ether oxygens (including phenoxy) is 4. The van der Waals surface area contributed by atoms with E-state index in [0.717, 1.165) is 17.5 Å².